The normalized spacial score (nSPS) is 30.1. The van der Waals surface area contributed by atoms with E-state index in [0.717, 1.165) is 25.9 Å². The third-order valence-corrected chi connectivity index (χ3v) is 5.27. The summed E-state index contributed by atoms with van der Waals surface area (Å²) >= 11 is 0. The third kappa shape index (κ3) is 2.98. The Hall–Kier alpha value is -0.620. The van der Waals surface area contributed by atoms with Crippen molar-refractivity contribution < 1.29 is 8.95 Å². The van der Waals surface area contributed by atoms with E-state index in [1.807, 2.05) is 11.8 Å². The zero-order chi connectivity index (χ0) is 12.5. The molecule has 0 aromatic carbocycles. The molecule has 0 radical (unpaired) electrons. The molecule has 0 bridgehead atoms. The highest BCUT2D eigenvalue weighted by atomic mass is 32.2. The molecule has 1 saturated heterocycles. The molecule has 0 aromatic rings. The first-order chi connectivity index (χ1) is 8.03. The van der Waals surface area contributed by atoms with Gasteiger partial charge < -0.3 is 15.4 Å². The van der Waals surface area contributed by atoms with Crippen LogP contribution in [0.15, 0.2) is 4.99 Å². The van der Waals surface area contributed by atoms with Gasteiger partial charge in [0.2, 0.25) is 0 Å². The van der Waals surface area contributed by atoms with Crippen molar-refractivity contribution in [3.63, 3.8) is 0 Å². The van der Waals surface area contributed by atoms with E-state index in [9.17, 15) is 4.21 Å². The van der Waals surface area contributed by atoms with Gasteiger partial charge in [-0.05, 0) is 19.8 Å². The summed E-state index contributed by atoms with van der Waals surface area (Å²) in [6, 6.07) is 0. The number of morpholine rings is 1. The van der Waals surface area contributed by atoms with Crippen molar-refractivity contribution in [3.8, 4) is 0 Å². The van der Waals surface area contributed by atoms with Crippen LogP contribution in [0.1, 0.15) is 19.8 Å². The van der Waals surface area contributed by atoms with Gasteiger partial charge in [-0.15, -0.1) is 0 Å². The molecule has 1 aliphatic carbocycles. The zero-order valence-electron chi connectivity index (χ0n) is 10.5. The molecule has 6 heteroatoms. The van der Waals surface area contributed by atoms with E-state index in [-0.39, 0.29) is 10.9 Å². The quantitative estimate of drug-likeness (QED) is 0.569. The van der Waals surface area contributed by atoms with Crippen molar-refractivity contribution in [1.29, 1.82) is 0 Å². The molecule has 0 amide bonds. The van der Waals surface area contributed by atoms with Crippen LogP contribution in [0.25, 0.3) is 0 Å². The maximum absolute atomic E-state index is 11.5. The largest absolute Gasteiger partial charge is 0.375 e. The molecule has 2 N–H and O–H groups in total. The lowest BCUT2D eigenvalue weighted by Gasteiger charge is -2.32. The van der Waals surface area contributed by atoms with Crippen molar-refractivity contribution in [2.45, 2.75) is 30.6 Å². The minimum atomic E-state index is -0.799. The number of aliphatic imine (C=N–C) groups is 1. The Bertz CT molecular complexity index is 342. The fraction of sp³-hybridized carbons (Fsp3) is 0.909. The van der Waals surface area contributed by atoms with Gasteiger partial charge in [0.05, 0.1) is 24.0 Å². The summed E-state index contributed by atoms with van der Waals surface area (Å²) in [6.07, 6.45) is 3.97. The molecule has 2 rings (SSSR count). The molecule has 98 valence electrons. The Balaban J connectivity index is 1.90. The molecule has 0 aromatic heterocycles. The zero-order valence-corrected chi connectivity index (χ0v) is 11.3. The topological polar surface area (TPSA) is 67.9 Å². The number of nitrogens with zero attached hydrogens (tertiary/aromatic N) is 2. The van der Waals surface area contributed by atoms with E-state index in [0.29, 0.717) is 19.1 Å². The van der Waals surface area contributed by atoms with Crippen molar-refractivity contribution >= 4 is 16.8 Å². The number of guanidine groups is 1. The molecular formula is C11H21N3O2S. The van der Waals surface area contributed by atoms with Crippen molar-refractivity contribution in [2.24, 2.45) is 10.7 Å². The second kappa shape index (κ2) is 4.94. The molecule has 2 fully saturated rings. The van der Waals surface area contributed by atoms with Gasteiger partial charge in [-0.1, -0.05) is 0 Å². The van der Waals surface area contributed by atoms with Crippen LogP contribution in [-0.2, 0) is 15.5 Å². The first kappa shape index (κ1) is 12.8. The lowest BCUT2D eigenvalue weighted by Crippen LogP contribution is -2.48. The summed E-state index contributed by atoms with van der Waals surface area (Å²) in [5.41, 5.74) is 5.97. The second-order valence-corrected chi connectivity index (χ2v) is 6.71. The Kier molecular flexibility index (Phi) is 3.73. The van der Waals surface area contributed by atoms with Gasteiger partial charge in [-0.3, -0.25) is 9.20 Å². The monoisotopic (exact) mass is 259 g/mol. The summed E-state index contributed by atoms with van der Waals surface area (Å²) < 4.78 is 16.9. The lowest BCUT2D eigenvalue weighted by molar-refractivity contribution is 0.00530. The van der Waals surface area contributed by atoms with Crippen LogP contribution >= 0.6 is 0 Å². The average molecular weight is 259 g/mol. The average Bonchev–Trinajstić information content (AvgIpc) is 3.07. The Morgan fingerprint density at radius 2 is 2.35 bits per heavy atom. The molecular weight excluding hydrogens is 238 g/mol. The minimum Gasteiger partial charge on any atom is -0.375 e. The van der Waals surface area contributed by atoms with E-state index in [4.69, 9.17) is 10.5 Å². The molecule has 2 unspecified atom stereocenters. The van der Waals surface area contributed by atoms with Gasteiger partial charge in [0.15, 0.2) is 5.96 Å². The Morgan fingerprint density at radius 3 is 2.88 bits per heavy atom. The van der Waals surface area contributed by atoms with Crippen molar-refractivity contribution in [1.82, 2.24) is 4.90 Å². The lowest BCUT2D eigenvalue weighted by atomic mass is 10.3. The van der Waals surface area contributed by atoms with Crippen LogP contribution in [-0.4, -0.2) is 58.4 Å². The first-order valence-electron chi connectivity index (χ1n) is 6.03. The van der Waals surface area contributed by atoms with Crippen LogP contribution in [0.5, 0.6) is 0 Å². The highest BCUT2D eigenvalue weighted by Crippen LogP contribution is 2.41. The fourth-order valence-corrected chi connectivity index (χ4v) is 2.95. The maximum atomic E-state index is 11.5. The smallest absolute Gasteiger partial charge is 0.191 e. The summed E-state index contributed by atoms with van der Waals surface area (Å²) in [6.45, 7) is 4.90. The number of ether oxygens (including phenoxy) is 1. The van der Waals surface area contributed by atoms with Gasteiger partial charge in [0, 0.05) is 30.1 Å². The minimum absolute atomic E-state index is 0.0808. The predicted molar refractivity (Wildman–Crippen MR) is 69.5 cm³/mol. The molecule has 1 aliphatic heterocycles. The molecule has 2 atom stereocenters. The standard InChI is InChI=1S/C11H21N3O2S/c1-9-7-14(5-6-16-9)10(12)13-8-11(3-4-11)17(2)15/h9H,3-8H2,1-2H3,(H2,12,13). The highest BCUT2D eigenvalue weighted by Gasteiger charge is 2.46. The summed E-state index contributed by atoms with van der Waals surface area (Å²) in [7, 11) is -0.799. The molecule has 5 nitrogen and oxygen atoms in total. The second-order valence-electron chi connectivity index (χ2n) is 4.94. The summed E-state index contributed by atoms with van der Waals surface area (Å²) in [4.78, 5) is 6.45. The number of rotatable bonds is 3. The van der Waals surface area contributed by atoms with Gasteiger partial charge >= 0.3 is 0 Å². The van der Waals surface area contributed by atoms with Gasteiger partial charge in [0.1, 0.15) is 0 Å². The Morgan fingerprint density at radius 1 is 1.65 bits per heavy atom. The molecule has 1 heterocycles. The third-order valence-electron chi connectivity index (χ3n) is 3.51. The number of hydrogen-bond donors (Lipinski definition) is 1. The highest BCUT2D eigenvalue weighted by molar-refractivity contribution is 7.86. The van der Waals surface area contributed by atoms with E-state index in [2.05, 4.69) is 4.99 Å². The first-order valence-corrected chi connectivity index (χ1v) is 7.59. The van der Waals surface area contributed by atoms with E-state index >= 15 is 0 Å². The number of hydrogen-bond acceptors (Lipinski definition) is 3. The van der Waals surface area contributed by atoms with Crippen LogP contribution < -0.4 is 5.73 Å². The molecule has 2 aliphatic rings. The van der Waals surface area contributed by atoms with Gasteiger partial charge in [0.25, 0.3) is 0 Å². The van der Waals surface area contributed by atoms with E-state index in [1.165, 1.54) is 0 Å². The van der Waals surface area contributed by atoms with Crippen LogP contribution in [0.3, 0.4) is 0 Å². The Labute approximate surface area is 105 Å². The van der Waals surface area contributed by atoms with Crippen LogP contribution in [0, 0.1) is 0 Å². The van der Waals surface area contributed by atoms with Crippen LogP contribution in [0.4, 0.5) is 0 Å². The SMILES string of the molecule is CC1CN(C(N)=NCC2(S(C)=O)CC2)CCO1. The van der Waals surface area contributed by atoms with Crippen LogP contribution in [0.2, 0.25) is 0 Å². The maximum Gasteiger partial charge on any atom is 0.191 e. The van der Waals surface area contributed by atoms with E-state index in [1.54, 1.807) is 6.26 Å². The summed E-state index contributed by atoms with van der Waals surface area (Å²) in [5, 5.41) is 0. The van der Waals surface area contributed by atoms with E-state index < -0.39 is 10.8 Å². The molecule has 0 spiro atoms. The van der Waals surface area contributed by atoms with Gasteiger partial charge in [-0.2, -0.15) is 0 Å². The van der Waals surface area contributed by atoms with Crippen molar-refractivity contribution in [2.75, 3.05) is 32.5 Å². The predicted octanol–water partition coefficient (Wildman–Crippen LogP) is -0.0671. The fourth-order valence-electron chi connectivity index (χ4n) is 2.03. The molecule has 17 heavy (non-hydrogen) atoms. The van der Waals surface area contributed by atoms with Gasteiger partial charge in [-0.25, -0.2) is 0 Å². The number of nitrogens with two attached hydrogens (primary N) is 1. The summed E-state index contributed by atoms with van der Waals surface area (Å²) in [5.74, 6) is 0.567. The molecule has 1 saturated carbocycles. The van der Waals surface area contributed by atoms with Crippen molar-refractivity contribution in [3.05, 3.63) is 0 Å².